The second kappa shape index (κ2) is 8.63. The fourth-order valence-electron chi connectivity index (χ4n) is 2.22. The number of anilines is 1. The predicted octanol–water partition coefficient (Wildman–Crippen LogP) is 2.87. The number of amides is 2. The molecule has 2 N–H and O–H groups in total. The first-order valence-corrected chi connectivity index (χ1v) is 7.93. The lowest BCUT2D eigenvalue weighted by Gasteiger charge is -2.11. The second-order valence-electron chi connectivity index (χ2n) is 5.33. The zero-order chi connectivity index (χ0) is 18.2. The minimum Gasteiger partial charge on any atom is -0.465 e. The Morgan fingerprint density at radius 2 is 1.68 bits per heavy atom. The lowest BCUT2D eigenvalue weighted by molar-refractivity contribution is 0.0600. The highest BCUT2D eigenvalue weighted by atomic mass is 16.5. The Morgan fingerprint density at radius 1 is 0.960 bits per heavy atom. The number of rotatable bonds is 6. The molecule has 0 saturated heterocycles. The molecule has 0 aliphatic rings. The molecule has 2 aromatic carbocycles. The molecule has 2 aromatic rings. The van der Waals surface area contributed by atoms with Crippen molar-refractivity contribution in [3.8, 4) is 0 Å². The Bertz CT molecular complexity index is 786. The van der Waals surface area contributed by atoms with E-state index in [2.05, 4.69) is 15.4 Å². The van der Waals surface area contributed by atoms with E-state index in [4.69, 9.17) is 0 Å². The average molecular weight is 340 g/mol. The topological polar surface area (TPSA) is 84.5 Å². The molecule has 6 nitrogen and oxygen atoms in total. The van der Waals surface area contributed by atoms with Crippen LogP contribution in [-0.4, -0.2) is 31.4 Å². The number of hydrogen-bond donors (Lipinski definition) is 2. The molecule has 0 radical (unpaired) electrons. The Hall–Kier alpha value is -3.15. The maximum Gasteiger partial charge on any atom is 0.337 e. The number of carbonyl (C=O) groups is 3. The molecule has 0 saturated carbocycles. The molecule has 0 aromatic heterocycles. The van der Waals surface area contributed by atoms with Crippen LogP contribution in [-0.2, 0) is 4.74 Å². The van der Waals surface area contributed by atoms with Crippen LogP contribution in [0.2, 0.25) is 0 Å². The molecule has 0 fully saturated rings. The molecule has 2 amide bonds. The fourth-order valence-corrected chi connectivity index (χ4v) is 2.22. The Labute approximate surface area is 146 Å². The summed E-state index contributed by atoms with van der Waals surface area (Å²) in [6, 6.07) is 13.0. The fraction of sp³-hybridized carbons (Fsp3) is 0.211. The molecule has 6 heteroatoms. The summed E-state index contributed by atoms with van der Waals surface area (Å²) in [7, 11) is 1.28. The van der Waals surface area contributed by atoms with Crippen LogP contribution in [0.25, 0.3) is 0 Å². The van der Waals surface area contributed by atoms with E-state index in [1.165, 1.54) is 13.2 Å². The highest BCUT2D eigenvalue weighted by molar-refractivity contribution is 6.09. The predicted molar refractivity (Wildman–Crippen MR) is 94.8 cm³/mol. The zero-order valence-electron chi connectivity index (χ0n) is 14.2. The van der Waals surface area contributed by atoms with Gasteiger partial charge in [-0.25, -0.2) is 4.79 Å². The lowest BCUT2D eigenvalue weighted by atomic mass is 10.1. The number of nitrogens with one attached hydrogen (secondary N) is 2. The summed E-state index contributed by atoms with van der Waals surface area (Å²) < 4.78 is 4.65. The van der Waals surface area contributed by atoms with E-state index in [0.717, 1.165) is 6.42 Å². The quantitative estimate of drug-likeness (QED) is 0.792. The van der Waals surface area contributed by atoms with Gasteiger partial charge in [0.15, 0.2) is 0 Å². The third-order valence-electron chi connectivity index (χ3n) is 3.50. The first-order chi connectivity index (χ1) is 12.1. The van der Waals surface area contributed by atoms with Crippen molar-refractivity contribution in [2.45, 2.75) is 13.3 Å². The van der Waals surface area contributed by atoms with Gasteiger partial charge < -0.3 is 15.4 Å². The largest absolute Gasteiger partial charge is 0.465 e. The maximum absolute atomic E-state index is 12.5. The monoisotopic (exact) mass is 340 g/mol. The molecule has 130 valence electrons. The molecule has 2 rings (SSSR count). The number of carbonyl (C=O) groups excluding carboxylic acids is 3. The molecule has 0 aliphatic carbocycles. The van der Waals surface area contributed by atoms with Crippen LogP contribution in [0.15, 0.2) is 48.5 Å². The number of para-hydroxylation sites is 1. The third kappa shape index (κ3) is 4.67. The van der Waals surface area contributed by atoms with Crippen LogP contribution in [0, 0.1) is 0 Å². The number of esters is 1. The molecule has 0 spiro atoms. The molecule has 0 aliphatic heterocycles. The molecule has 0 atom stereocenters. The Balaban J connectivity index is 2.21. The standard InChI is InChI=1S/C19H20N2O4/c1-3-11-20-18(23)15-9-4-5-10-16(15)21-17(22)13-7-6-8-14(12-13)19(24)25-2/h4-10,12H,3,11H2,1-2H3,(H,20,23)(H,21,22). The van der Waals surface area contributed by atoms with E-state index in [9.17, 15) is 14.4 Å². The van der Waals surface area contributed by atoms with Gasteiger partial charge in [0.1, 0.15) is 0 Å². The van der Waals surface area contributed by atoms with Crippen molar-refractivity contribution >= 4 is 23.5 Å². The van der Waals surface area contributed by atoms with E-state index in [1.807, 2.05) is 6.92 Å². The summed E-state index contributed by atoms with van der Waals surface area (Å²) in [6.07, 6.45) is 0.820. The second-order valence-corrected chi connectivity index (χ2v) is 5.33. The van der Waals surface area contributed by atoms with Gasteiger partial charge >= 0.3 is 5.97 Å². The first-order valence-electron chi connectivity index (χ1n) is 7.93. The first kappa shape index (κ1) is 18.2. The van der Waals surface area contributed by atoms with Crippen LogP contribution in [0.4, 0.5) is 5.69 Å². The van der Waals surface area contributed by atoms with Gasteiger partial charge in [0, 0.05) is 12.1 Å². The molecular weight excluding hydrogens is 320 g/mol. The molecule has 25 heavy (non-hydrogen) atoms. The van der Waals surface area contributed by atoms with E-state index < -0.39 is 11.9 Å². The lowest BCUT2D eigenvalue weighted by Crippen LogP contribution is -2.25. The molecule has 0 heterocycles. The Morgan fingerprint density at radius 3 is 2.40 bits per heavy atom. The van der Waals surface area contributed by atoms with Crippen molar-refractivity contribution in [2.75, 3.05) is 19.0 Å². The van der Waals surface area contributed by atoms with Gasteiger partial charge in [-0.15, -0.1) is 0 Å². The summed E-state index contributed by atoms with van der Waals surface area (Å²) in [5.41, 5.74) is 1.37. The van der Waals surface area contributed by atoms with E-state index in [0.29, 0.717) is 23.4 Å². The SMILES string of the molecule is CCCNC(=O)c1ccccc1NC(=O)c1cccc(C(=O)OC)c1. The maximum atomic E-state index is 12.5. The number of hydrogen-bond acceptors (Lipinski definition) is 4. The van der Waals surface area contributed by atoms with Crippen molar-refractivity contribution in [3.05, 3.63) is 65.2 Å². The average Bonchev–Trinajstić information content (AvgIpc) is 2.65. The van der Waals surface area contributed by atoms with Crippen molar-refractivity contribution < 1.29 is 19.1 Å². The van der Waals surface area contributed by atoms with Crippen LogP contribution < -0.4 is 10.6 Å². The number of methoxy groups -OCH3 is 1. The highest BCUT2D eigenvalue weighted by Gasteiger charge is 2.15. The van der Waals surface area contributed by atoms with Crippen molar-refractivity contribution in [1.82, 2.24) is 5.32 Å². The van der Waals surface area contributed by atoms with Crippen LogP contribution in [0.1, 0.15) is 44.4 Å². The van der Waals surface area contributed by atoms with Crippen molar-refractivity contribution in [3.63, 3.8) is 0 Å². The Kier molecular flexibility index (Phi) is 6.28. The van der Waals surface area contributed by atoms with Crippen LogP contribution >= 0.6 is 0 Å². The minimum absolute atomic E-state index is 0.249. The molecular formula is C19H20N2O4. The van der Waals surface area contributed by atoms with Crippen LogP contribution in [0.3, 0.4) is 0 Å². The summed E-state index contributed by atoms with van der Waals surface area (Å²) in [4.78, 5) is 36.3. The smallest absolute Gasteiger partial charge is 0.337 e. The summed E-state index contributed by atoms with van der Waals surface area (Å²) in [5.74, 6) is -1.18. The van der Waals surface area contributed by atoms with Crippen LogP contribution in [0.5, 0.6) is 0 Å². The summed E-state index contributed by atoms with van der Waals surface area (Å²) >= 11 is 0. The van der Waals surface area contributed by atoms with Gasteiger partial charge in [-0.2, -0.15) is 0 Å². The van der Waals surface area contributed by atoms with Gasteiger partial charge in [0.05, 0.1) is 23.9 Å². The van der Waals surface area contributed by atoms with E-state index >= 15 is 0 Å². The van der Waals surface area contributed by atoms with Gasteiger partial charge in [-0.05, 0) is 36.8 Å². The summed E-state index contributed by atoms with van der Waals surface area (Å²) in [6.45, 7) is 2.52. The van der Waals surface area contributed by atoms with Crippen molar-refractivity contribution in [1.29, 1.82) is 0 Å². The van der Waals surface area contributed by atoms with Gasteiger partial charge in [0.25, 0.3) is 11.8 Å². The van der Waals surface area contributed by atoms with Gasteiger partial charge in [-0.3, -0.25) is 9.59 Å². The normalized spacial score (nSPS) is 10.0. The molecule has 0 unspecified atom stereocenters. The van der Waals surface area contributed by atoms with E-state index in [1.54, 1.807) is 42.5 Å². The van der Waals surface area contributed by atoms with Gasteiger partial charge in [-0.1, -0.05) is 25.1 Å². The molecule has 0 bridgehead atoms. The number of benzene rings is 2. The van der Waals surface area contributed by atoms with E-state index in [-0.39, 0.29) is 11.5 Å². The minimum atomic E-state index is -0.519. The number of ether oxygens (including phenoxy) is 1. The van der Waals surface area contributed by atoms with Crippen molar-refractivity contribution in [2.24, 2.45) is 0 Å². The van der Waals surface area contributed by atoms with Gasteiger partial charge in [0.2, 0.25) is 0 Å². The summed E-state index contributed by atoms with van der Waals surface area (Å²) in [5, 5.41) is 5.50. The third-order valence-corrected chi connectivity index (χ3v) is 3.50. The highest BCUT2D eigenvalue weighted by Crippen LogP contribution is 2.17. The zero-order valence-corrected chi connectivity index (χ0v) is 14.2.